The minimum atomic E-state index is -0.480. The van der Waals surface area contributed by atoms with Crippen LogP contribution in [0.25, 0.3) is 11.0 Å². The summed E-state index contributed by atoms with van der Waals surface area (Å²) in [4.78, 5) is 18.2. The fourth-order valence-electron chi connectivity index (χ4n) is 3.34. The minimum absolute atomic E-state index is 0.0383. The Morgan fingerprint density at radius 2 is 2.03 bits per heavy atom. The standard InChI is InChI=1S/C24H31N5O3/c1-5-6-8-17(16(2)30)14-26-23-22-20(9-7-12-25-22)28-24(29-23)27-15-18-10-11-19(31-3)13-21(18)32-4/h7,9-14,16-17,30H,5-6,8,15H2,1-4H3,(H,27,28,29)/t16-,17?/m0/s1. The third kappa shape index (κ3) is 5.91. The van der Waals surface area contributed by atoms with Crippen LogP contribution in [0.2, 0.25) is 0 Å². The van der Waals surface area contributed by atoms with Crippen LogP contribution >= 0.6 is 0 Å². The number of aliphatic hydroxyl groups excluding tert-OH is 1. The summed E-state index contributed by atoms with van der Waals surface area (Å²) in [5, 5.41) is 13.4. The van der Waals surface area contributed by atoms with Gasteiger partial charge in [0.1, 0.15) is 17.0 Å². The van der Waals surface area contributed by atoms with Crippen LogP contribution in [0.3, 0.4) is 0 Å². The van der Waals surface area contributed by atoms with E-state index in [4.69, 9.17) is 9.47 Å². The van der Waals surface area contributed by atoms with Crippen molar-refractivity contribution in [1.29, 1.82) is 0 Å². The zero-order valence-corrected chi connectivity index (χ0v) is 19.1. The lowest BCUT2D eigenvalue weighted by Gasteiger charge is -2.14. The summed E-state index contributed by atoms with van der Waals surface area (Å²) in [6.45, 7) is 4.39. The predicted octanol–water partition coefficient (Wildman–Crippen LogP) is 4.54. The molecule has 2 aromatic heterocycles. The molecule has 0 spiro atoms. The highest BCUT2D eigenvalue weighted by molar-refractivity contribution is 5.86. The van der Waals surface area contributed by atoms with Crippen molar-refractivity contribution in [3.63, 3.8) is 0 Å². The predicted molar refractivity (Wildman–Crippen MR) is 127 cm³/mol. The molecular formula is C24H31N5O3. The van der Waals surface area contributed by atoms with E-state index < -0.39 is 6.10 Å². The number of pyridine rings is 1. The van der Waals surface area contributed by atoms with E-state index in [1.54, 1.807) is 33.6 Å². The Bertz CT molecular complexity index is 1050. The second-order valence-electron chi connectivity index (χ2n) is 7.60. The van der Waals surface area contributed by atoms with Crippen molar-refractivity contribution < 1.29 is 14.6 Å². The van der Waals surface area contributed by atoms with E-state index in [1.165, 1.54) is 0 Å². The van der Waals surface area contributed by atoms with Gasteiger partial charge in [-0.15, -0.1) is 0 Å². The van der Waals surface area contributed by atoms with Gasteiger partial charge in [0.2, 0.25) is 5.95 Å². The molecule has 32 heavy (non-hydrogen) atoms. The van der Waals surface area contributed by atoms with Crippen molar-refractivity contribution in [2.45, 2.75) is 45.8 Å². The molecule has 2 atom stereocenters. The molecule has 0 amide bonds. The van der Waals surface area contributed by atoms with E-state index in [0.717, 1.165) is 30.6 Å². The van der Waals surface area contributed by atoms with E-state index in [0.29, 0.717) is 35.1 Å². The summed E-state index contributed by atoms with van der Waals surface area (Å²) < 4.78 is 10.7. The Morgan fingerprint density at radius 3 is 2.75 bits per heavy atom. The van der Waals surface area contributed by atoms with Crippen LogP contribution in [-0.2, 0) is 6.54 Å². The number of hydrogen-bond acceptors (Lipinski definition) is 8. The lowest BCUT2D eigenvalue weighted by atomic mass is 9.98. The van der Waals surface area contributed by atoms with Crippen LogP contribution in [0.15, 0.2) is 41.5 Å². The largest absolute Gasteiger partial charge is 0.497 e. The monoisotopic (exact) mass is 437 g/mol. The molecule has 0 aliphatic rings. The van der Waals surface area contributed by atoms with Crippen molar-refractivity contribution in [2.24, 2.45) is 10.9 Å². The number of benzene rings is 1. The first-order valence-electron chi connectivity index (χ1n) is 10.9. The number of aliphatic imine (C=N–C) groups is 1. The summed E-state index contributed by atoms with van der Waals surface area (Å²) in [6.07, 6.45) is 5.97. The Kier molecular flexibility index (Phi) is 8.33. The van der Waals surface area contributed by atoms with Crippen molar-refractivity contribution >= 4 is 29.0 Å². The van der Waals surface area contributed by atoms with E-state index in [1.807, 2.05) is 30.3 Å². The highest BCUT2D eigenvalue weighted by Crippen LogP contribution is 2.26. The molecule has 0 aliphatic heterocycles. The average molecular weight is 438 g/mol. The SMILES string of the molecule is CCCCC(C=Nc1nc(NCc2ccc(OC)cc2OC)nc2cccnc12)[C@H](C)O. The molecule has 0 fully saturated rings. The quantitative estimate of drug-likeness (QED) is 0.425. The molecule has 1 unspecified atom stereocenters. The maximum atomic E-state index is 10.1. The Balaban J connectivity index is 1.87. The minimum Gasteiger partial charge on any atom is -0.497 e. The molecule has 3 aromatic rings. The number of aromatic nitrogens is 3. The van der Waals surface area contributed by atoms with Crippen LogP contribution in [-0.4, -0.2) is 46.6 Å². The van der Waals surface area contributed by atoms with Crippen molar-refractivity contribution in [3.05, 3.63) is 42.1 Å². The highest BCUT2D eigenvalue weighted by Gasteiger charge is 2.14. The highest BCUT2D eigenvalue weighted by atomic mass is 16.5. The van der Waals surface area contributed by atoms with Crippen molar-refractivity contribution in [2.75, 3.05) is 19.5 Å². The van der Waals surface area contributed by atoms with Gasteiger partial charge in [-0.1, -0.05) is 19.8 Å². The number of methoxy groups -OCH3 is 2. The van der Waals surface area contributed by atoms with E-state index in [2.05, 4.69) is 32.2 Å². The zero-order valence-electron chi connectivity index (χ0n) is 19.1. The number of rotatable bonds is 11. The van der Waals surface area contributed by atoms with Gasteiger partial charge in [0.05, 0.1) is 25.8 Å². The molecule has 0 aliphatic carbocycles. The molecule has 8 heteroatoms. The summed E-state index contributed by atoms with van der Waals surface area (Å²) >= 11 is 0. The summed E-state index contributed by atoms with van der Waals surface area (Å²) in [6, 6.07) is 9.37. The van der Waals surface area contributed by atoms with Gasteiger partial charge in [0.25, 0.3) is 0 Å². The normalized spacial score (nSPS) is 13.3. The maximum absolute atomic E-state index is 10.1. The van der Waals surface area contributed by atoms with Gasteiger partial charge < -0.3 is 19.9 Å². The first-order chi connectivity index (χ1) is 15.5. The van der Waals surface area contributed by atoms with Crippen LogP contribution in [0.5, 0.6) is 11.5 Å². The fourth-order valence-corrected chi connectivity index (χ4v) is 3.34. The maximum Gasteiger partial charge on any atom is 0.225 e. The number of hydrogen-bond donors (Lipinski definition) is 2. The molecule has 0 saturated heterocycles. The Morgan fingerprint density at radius 1 is 1.19 bits per heavy atom. The van der Waals surface area contributed by atoms with Crippen LogP contribution in [0.4, 0.5) is 11.8 Å². The first-order valence-corrected chi connectivity index (χ1v) is 10.9. The second kappa shape index (κ2) is 11.4. The average Bonchev–Trinajstić information content (AvgIpc) is 2.82. The number of aliphatic hydroxyl groups is 1. The number of anilines is 1. The molecule has 0 bridgehead atoms. The lowest BCUT2D eigenvalue weighted by molar-refractivity contribution is 0.154. The van der Waals surface area contributed by atoms with Crippen LogP contribution < -0.4 is 14.8 Å². The lowest BCUT2D eigenvalue weighted by Crippen LogP contribution is -2.18. The van der Waals surface area contributed by atoms with E-state index in [-0.39, 0.29) is 5.92 Å². The third-order valence-electron chi connectivity index (χ3n) is 5.27. The molecule has 2 heterocycles. The number of ether oxygens (including phenoxy) is 2. The van der Waals surface area contributed by atoms with Gasteiger partial charge in [0.15, 0.2) is 5.82 Å². The molecule has 1 aromatic carbocycles. The number of nitrogens with zero attached hydrogens (tertiary/aromatic N) is 4. The molecule has 0 radical (unpaired) electrons. The molecule has 170 valence electrons. The topological polar surface area (TPSA) is 102 Å². The summed E-state index contributed by atoms with van der Waals surface area (Å²) in [7, 11) is 3.25. The molecule has 2 N–H and O–H groups in total. The molecule has 8 nitrogen and oxygen atoms in total. The van der Waals surface area contributed by atoms with E-state index >= 15 is 0 Å². The number of nitrogens with one attached hydrogen (secondary N) is 1. The van der Waals surface area contributed by atoms with Gasteiger partial charge >= 0.3 is 0 Å². The zero-order chi connectivity index (χ0) is 22.9. The van der Waals surface area contributed by atoms with Gasteiger partial charge in [-0.05, 0) is 37.6 Å². The van der Waals surface area contributed by atoms with Gasteiger partial charge in [0, 0.05) is 36.5 Å². The van der Waals surface area contributed by atoms with Gasteiger partial charge in [-0.3, -0.25) is 4.98 Å². The van der Waals surface area contributed by atoms with E-state index in [9.17, 15) is 5.11 Å². The Hall–Kier alpha value is -3.26. The molecular weight excluding hydrogens is 406 g/mol. The number of unbranched alkanes of at least 4 members (excludes halogenated alkanes) is 1. The van der Waals surface area contributed by atoms with Gasteiger partial charge in [-0.2, -0.15) is 4.98 Å². The second-order valence-corrected chi connectivity index (χ2v) is 7.60. The third-order valence-corrected chi connectivity index (χ3v) is 5.27. The van der Waals surface area contributed by atoms with Crippen LogP contribution in [0, 0.1) is 5.92 Å². The first kappa shape index (κ1) is 23.4. The van der Waals surface area contributed by atoms with Gasteiger partial charge in [-0.25, -0.2) is 9.98 Å². The fraction of sp³-hybridized carbons (Fsp3) is 0.417. The van der Waals surface area contributed by atoms with Crippen molar-refractivity contribution in [3.8, 4) is 11.5 Å². The number of fused-ring (bicyclic) bond motifs is 1. The smallest absolute Gasteiger partial charge is 0.225 e. The molecule has 3 rings (SSSR count). The molecule has 0 saturated carbocycles. The Labute approximate surface area is 188 Å². The summed E-state index contributed by atoms with van der Waals surface area (Å²) in [5.74, 6) is 2.32. The summed E-state index contributed by atoms with van der Waals surface area (Å²) in [5.41, 5.74) is 2.26. The van der Waals surface area contributed by atoms with Crippen LogP contribution in [0.1, 0.15) is 38.7 Å². The van der Waals surface area contributed by atoms with Crippen molar-refractivity contribution in [1.82, 2.24) is 15.0 Å².